The number of aliphatic hydroxyl groups excluding tert-OH is 1. The maximum Gasteiger partial charge on any atom is 0.0772 e. The van der Waals surface area contributed by atoms with Gasteiger partial charge in [0.05, 0.1) is 6.10 Å². The van der Waals surface area contributed by atoms with E-state index in [2.05, 4.69) is 51.8 Å². The Morgan fingerprint density at radius 1 is 1.37 bits per heavy atom. The van der Waals surface area contributed by atoms with E-state index in [1.807, 2.05) is 6.07 Å². The molecule has 1 heterocycles. The molecule has 1 saturated heterocycles. The highest BCUT2D eigenvalue weighted by molar-refractivity contribution is 9.10. The van der Waals surface area contributed by atoms with Gasteiger partial charge in [-0.15, -0.1) is 0 Å². The molecule has 1 N–H and O–H groups in total. The van der Waals surface area contributed by atoms with E-state index in [1.165, 1.54) is 12.1 Å². The van der Waals surface area contributed by atoms with Crippen LogP contribution in [0.3, 0.4) is 0 Å². The molecule has 1 aliphatic rings. The molecule has 2 rings (SSSR count). The van der Waals surface area contributed by atoms with Gasteiger partial charge in [0, 0.05) is 29.3 Å². The highest BCUT2D eigenvalue weighted by Crippen LogP contribution is 2.29. The fourth-order valence-electron chi connectivity index (χ4n) is 2.79. The zero-order valence-corrected chi connectivity index (χ0v) is 13.5. The summed E-state index contributed by atoms with van der Waals surface area (Å²) in [5.41, 5.74) is 2.18. The van der Waals surface area contributed by atoms with Crippen LogP contribution in [0.1, 0.15) is 31.9 Å². The number of aliphatic hydroxyl groups is 1. The smallest absolute Gasteiger partial charge is 0.0772 e. The molecule has 1 fully saturated rings. The zero-order valence-electron chi connectivity index (χ0n) is 11.9. The van der Waals surface area contributed by atoms with Gasteiger partial charge in [0.25, 0.3) is 0 Å². The van der Waals surface area contributed by atoms with Crippen LogP contribution in [-0.4, -0.2) is 42.7 Å². The van der Waals surface area contributed by atoms with Crippen molar-refractivity contribution >= 4 is 21.6 Å². The molecule has 0 bridgehead atoms. The van der Waals surface area contributed by atoms with Gasteiger partial charge in [-0.25, -0.2) is 0 Å². The standard InChI is InChI=1S/C15H23BrN2O/c1-11-10-17(3)7-4-8-18(11)13-5-6-14(12(2)19)15(16)9-13/h5-6,9,11-12,19H,4,7-8,10H2,1-3H3. The number of nitrogens with zero attached hydrogens (tertiary/aromatic N) is 2. The third kappa shape index (κ3) is 3.50. The molecule has 1 aromatic carbocycles. The molecule has 2 atom stereocenters. The van der Waals surface area contributed by atoms with Crippen LogP contribution in [0, 0.1) is 0 Å². The van der Waals surface area contributed by atoms with E-state index in [1.54, 1.807) is 6.92 Å². The maximum atomic E-state index is 9.69. The van der Waals surface area contributed by atoms with E-state index in [0.29, 0.717) is 6.04 Å². The molecular formula is C15H23BrN2O. The van der Waals surface area contributed by atoms with Crippen molar-refractivity contribution in [2.24, 2.45) is 0 Å². The Hall–Kier alpha value is -0.580. The van der Waals surface area contributed by atoms with Crippen molar-refractivity contribution in [3.8, 4) is 0 Å². The number of halogens is 1. The first kappa shape index (κ1) is 14.8. The van der Waals surface area contributed by atoms with Crippen molar-refractivity contribution in [2.45, 2.75) is 32.4 Å². The Labute approximate surface area is 124 Å². The van der Waals surface area contributed by atoms with Crippen LogP contribution in [0.4, 0.5) is 5.69 Å². The van der Waals surface area contributed by atoms with E-state index >= 15 is 0 Å². The van der Waals surface area contributed by atoms with Crippen molar-refractivity contribution in [2.75, 3.05) is 31.6 Å². The van der Waals surface area contributed by atoms with Gasteiger partial charge in [-0.1, -0.05) is 22.0 Å². The summed E-state index contributed by atoms with van der Waals surface area (Å²) in [4.78, 5) is 4.85. The lowest BCUT2D eigenvalue weighted by Gasteiger charge is -2.30. The molecule has 19 heavy (non-hydrogen) atoms. The van der Waals surface area contributed by atoms with E-state index in [9.17, 15) is 5.11 Å². The summed E-state index contributed by atoms with van der Waals surface area (Å²) in [5, 5.41) is 9.69. The lowest BCUT2D eigenvalue weighted by atomic mass is 10.1. The lowest BCUT2D eigenvalue weighted by Crippen LogP contribution is -2.37. The molecule has 0 saturated carbocycles. The monoisotopic (exact) mass is 326 g/mol. The van der Waals surface area contributed by atoms with Crippen molar-refractivity contribution in [1.29, 1.82) is 0 Å². The van der Waals surface area contributed by atoms with Crippen LogP contribution in [0.2, 0.25) is 0 Å². The summed E-state index contributed by atoms with van der Waals surface area (Å²) < 4.78 is 0.991. The molecular weight excluding hydrogens is 304 g/mol. The third-order valence-corrected chi connectivity index (χ3v) is 4.50. The second-order valence-electron chi connectivity index (χ2n) is 5.54. The fourth-order valence-corrected chi connectivity index (χ4v) is 3.49. The first-order valence-corrected chi connectivity index (χ1v) is 7.71. The molecule has 0 aromatic heterocycles. The Kier molecular flexibility index (Phi) is 4.87. The molecule has 3 nitrogen and oxygen atoms in total. The number of anilines is 1. The second kappa shape index (κ2) is 6.25. The van der Waals surface area contributed by atoms with Crippen LogP contribution in [0.25, 0.3) is 0 Å². The quantitative estimate of drug-likeness (QED) is 0.904. The number of hydrogen-bond acceptors (Lipinski definition) is 3. The summed E-state index contributed by atoms with van der Waals surface area (Å²) in [6, 6.07) is 6.78. The number of rotatable bonds is 2. The van der Waals surface area contributed by atoms with Crippen LogP contribution in [-0.2, 0) is 0 Å². The third-order valence-electron chi connectivity index (χ3n) is 3.81. The SMILES string of the molecule is CC(O)c1ccc(N2CCCN(C)CC2C)cc1Br. The molecule has 1 aromatic rings. The predicted octanol–water partition coefficient (Wildman–Crippen LogP) is 3.03. The molecule has 0 spiro atoms. The van der Waals surface area contributed by atoms with Gasteiger partial charge in [0.1, 0.15) is 0 Å². The van der Waals surface area contributed by atoms with Gasteiger partial charge in [0.15, 0.2) is 0 Å². The van der Waals surface area contributed by atoms with Crippen LogP contribution >= 0.6 is 15.9 Å². The first-order chi connectivity index (χ1) is 8.99. The van der Waals surface area contributed by atoms with Crippen molar-refractivity contribution in [3.63, 3.8) is 0 Å². The normalized spacial score (nSPS) is 23.2. The molecule has 0 radical (unpaired) electrons. The predicted molar refractivity (Wildman–Crippen MR) is 83.7 cm³/mol. The summed E-state index contributed by atoms with van der Waals surface area (Å²) in [6.07, 6.45) is 0.757. The van der Waals surface area contributed by atoms with Gasteiger partial charge in [-0.3, -0.25) is 0 Å². The average molecular weight is 327 g/mol. The van der Waals surface area contributed by atoms with Gasteiger partial charge in [-0.05, 0) is 51.6 Å². The Morgan fingerprint density at radius 2 is 2.11 bits per heavy atom. The highest BCUT2D eigenvalue weighted by atomic mass is 79.9. The molecule has 1 aliphatic heterocycles. The largest absolute Gasteiger partial charge is 0.389 e. The van der Waals surface area contributed by atoms with Gasteiger partial charge in [0.2, 0.25) is 0 Å². The van der Waals surface area contributed by atoms with Gasteiger partial charge < -0.3 is 14.9 Å². The lowest BCUT2D eigenvalue weighted by molar-refractivity contribution is 0.198. The number of hydrogen-bond donors (Lipinski definition) is 1. The molecule has 106 valence electrons. The Bertz CT molecular complexity index is 436. The molecule has 0 aliphatic carbocycles. The number of likely N-dealkylation sites (N-methyl/N-ethyl adjacent to an activating group) is 1. The maximum absolute atomic E-state index is 9.69. The summed E-state index contributed by atoms with van der Waals surface area (Å²) in [7, 11) is 2.19. The van der Waals surface area contributed by atoms with Crippen molar-refractivity contribution in [1.82, 2.24) is 4.90 Å². The topological polar surface area (TPSA) is 26.7 Å². The van der Waals surface area contributed by atoms with E-state index in [4.69, 9.17) is 0 Å². The minimum Gasteiger partial charge on any atom is -0.389 e. The van der Waals surface area contributed by atoms with E-state index < -0.39 is 6.10 Å². The first-order valence-electron chi connectivity index (χ1n) is 6.91. The minimum absolute atomic E-state index is 0.434. The zero-order chi connectivity index (χ0) is 14.0. The van der Waals surface area contributed by atoms with Gasteiger partial charge >= 0.3 is 0 Å². The fraction of sp³-hybridized carbons (Fsp3) is 0.600. The van der Waals surface area contributed by atoms with E-state index in [-0.39, 0.29) is 0 Å². The number of benzene rings is 1. The Balaban J connectivity index is 2.23. The highest BCUT2D eigenvalue weighted by Gasteiger charge is 2.20. The minimum atomic E-state index is -0.434. The van der Waals surface area contributed by atoms with Crippen LogP contribution in [0.15, 0.2) is 22.7 Å². The van der Waals surface area contributed by atoms with Gasteiger partial charge in [-0.2, -0.15) is 0 Å². The molecule has 2 unspecified atom stereocenters. The summed E-state index contributed by atoms with van der Waals surface area (Å²) >= 11 is 3.57. The summed E-state index contributed by atoms with van der Waals surface area (Å²) in [6.45, 7) is 7.41. The second-order valence-corrected chi connectivity index (χ2v) is 6.39. The van der Waals surface area contributed by atoms with Crippen LogP contribution < -0.4 is 4.90 Å². The van der Waals surface area contributed by atoms with Crippen molar-refractivity contribution < 1.29 is 5.11 Å². The Morgan fingerprint density at radius 3 is 2.74 bits per heavy atom. The summed E-state index contributed by atoms with van der Waals surface area (Å²) in [5.74, 6) is 0. The van der Waals surface area contributed by atoms with Crippen molar-refractivity contribution in [3.05, 3.63) is 28.2 Å². The van der Waals surface area contributed by atoms with E-state index in [0.717, 1.165) is 29.7 Å². The molecule has 4 heteroatoms. The van der Waals surface area contributed by atoms with Crippen LogP contribution in [0.5, 0.6) is 0 Å². The molecule has 0 amide bonds. The average Bonchev–Trinajstić information content (AvgIpc) is 2.49.